The Morgan fingerprint density at radius 1 is 1.43 bits per heavy atom. The Morgan fingerprint density at radius 3 is 2.93 bits per heavy atom. The van der Waals surface area contributed by atoms with E-state index in [1.54, 1.807) is 11.3 Å². The molecule has 1 heterocycles. The van der Waals surface area contributed by atoms with Crippen LogP contribution in [0.4, 0.5) is 0 Å². The fraction of sp³-hybridized carbons (Fsp3) is 0.273. The van der Waals surface area contributed by atoms with Crippen molar-refractivity contribution in [2.75, 3.05) is 6.61 Å². The molecule has 2 aromatic rings. The van der Waals surface area contributed by atoms with Gasteiger partial charge in [0.1, 0.15) is 5.75 Å². The molecule has 3 heteroatoms. The molecule has 0 amide bonds. The summed E-state index contributed by atoms with van der Waals surface area (Å²) in [5.74, 6) is 0.953. The summed E-state index contributed by atoms with van der Waals surface area (Å²) < 4.78 is 7.56. The zero-order valence-corrected chi connectivity index (χ0v) is 9.71. The third-order valence-corrected chi connectivity index (χ3v) is 3.42. The Hall–Kier alpha value is -0.730. The van der Waals surface area contributed by atoms with E-state index in [4.69, 9.17) is 16.3 Å². The van der Waals surface area contributed by atoms with Gasteiger partial charge < -0.3 is 4.74 Å². The minimum atomic E-state index is 0.699. The van der Waals surface area contributed by atoms with E-state index in [1.807, 2.05) is 19.1 Å². The van der Waals surface area contributed by atoms with Gasteiger partial charge in [-0.05, 0) is 37.6 Å². The van der Waals surface area contributed by atoms with Gasteiger partial charge >= 0.3 is 0 Å². The molecule has 0 N–H and O–H groups in total. The first-order valence-corrected chi connectivity index (χ1v) is 5.73. The van der Waals surface area contributed by atoms with Gasteiger partial charge in [0.25, 0.3) is 0 Å². The van der Waals surface area contributed by atoms with Crippen molar-refractivity contribution < 1.29 is 4.74 Å². The van der Waals surface area contributed by atoms with Gasteiger partial charge in [-0.15, -0.1) is 11.3 Å². The maximum absolute atomic E-state index is 5.96. The smallest absolute Gasteiger partial charge is 0.122 e. The van der Waals surface area contributed by atoms with Gasteiger partial charge in [-0.3, -0.25) is 0 Å². The van der Waals surface area contributed by atoms with Crippen LogP contribution in [0.3, 0.4) is 0 Å². The minimum Gasteiger partial charge on any atom is -0.494 e. The van der Waals surface area contributed by atoms with E-state index >= 15 is 0 Å². The molecule has 1 aromatic carbocycles. The standard InChI is InChI=1S/C11H11ClOS/c1-3-13-9-4-5-10-8(7(9)2)6-11(12)14-10/h4-6H,3H2,1-2H3. The molecule has 14 heavy (non-hydrogen) atoms. The second-order valence-corrected chi connectivity index (χ2v) is 4.80. The zero-order valence-electron chi connectivity index (χ0n) is 8.13. The second-order valence-electron chi connectivity index (χ2n) is 3.08. The summed E-state index contributed by atoms with van der Waals surface area (Å²) in [4.78, 5) is 0. The van der Waals surface area contributed by atoms with Crippen molar-refractivity contribution in [2.45, 2.75) is 13.8 Å². The molecule has 74 valence electrons. The third kappa shape index (κ3) is 1.60. The largest absolute Gasteiger partial charge is 0.494 e. The molecular formula is C11H11ClOS. The molecule has 0 aliphatic carbocycles. The van der Waals surface area contributed by atoms with Gasteiger partial charge in [0.05, 0.1) is 10.9 Å². The summed E-state index contributed by atoms with van der Waals surface area (Å²) in [6, 6.07) is 6.07. The van der Waals surface area contributed by atoms with Gasteiger partial charge in [0, 0.05) is 10.1 Å². The lowest BCUT2D eigenvalue weighted by molar-refractivity contribution is 0.338. The maximum Gasteiger partial charge on any atom is 0.122 e. The summed E-state index contributed by atoms with van der Waals surface area (Å²) in [5, 5.41) is 1.20. The number of rotatable bonds is 2. The Kier molecular flexibility index (Phi) is 2.66. The highest BCUT2D eigenvalue weighted by Crippen LogP contribution is 2.35. The molecule has 0 saturated carbocycles. The molecule has 0 spiro atoms. The van der Waals surface area contributed by atoms with Crippen molar-refractivity contribution >= 4 is 33.0 Å². The number of hydrogen-bond acceptors (Lipinski definition) is 2. The summed E-state index contributed by atoms with van der Waals surface area (Å²) in [6.07, 6.45) is 0. The Morgan fingerprint density at radius 2 is 2.21 bits per heavy atom. The van der Waals surface area contributed by atoms with Gasteiger partial charge in [-0.2, -0.15) is 0 Å². The Bertz CT molecular complexity index is 462. The number of benzene rings is 1. The summed E-state index contributed by atoms with van der Waals surface area (Å²) in [5.41, 5.74) is 1.17. The molecule has 0 unspecified atom stereocenters. The van der Waals surface area contributed by atoms with E-state index in [-0.39, 0.29) is 0 Å². The van der Waals surface area contributed by atoms with Gasteiger partial charge in [-0.25, -0.2) is 0 Å². The number of aryl methyl sites for hydroxylation is 1. The van der Waals surface area contributed by atoms with Crippen molar-refractivity contribution in [3.63, 3.8) is 0 Å². The normalized spacial score (nSPS) is 10.8. The van der Waals surface area contributed by atoms with Gasteiger partial charge in [-0.1, -0.05) is 11.6 Å². The number of ether oxygens (including phenoxy) is 1. The molecule has 1 nitrogen and oxygen atoms in total. The van der Waals surface area contributed by atoms with Crippen molar-refractivity contribution in [1.29, 1.82) is 0 Å². The van der Waals surface area contributed by atoms with E-state index in [0.29, 0.717) is 6.61 Å². The number of thiophene rings is 1. The fourth-order valence-electron chi connectivity index (χ4n) is 1.51. The molecule has 0 bridgehead atoms. The van der Waals surface area contributed by atoms with Crippen LogP contribution in [0.2, 0.25) is 4.34 Å². The van der Waals surface area contributed by atoms with Crippen LogP contribution in [0.25, 0.3) is 10.1 Å². The number of halogens is 1. The maximum atomic E-state index is 5.96. The highest BCUT2D eigenvalue weighted by atomic mass is 35.5. The summed E-state index contributed by atoms with van der Waals surface area (Å²) in [6.45, 7) is 4.75. The van der Waals surface area contributed by atoms with E-state index in [2.05, 4.69) is 13.0 Å². The third-order valence-electron chi connectivity index (χ3n) is 2.19. The number of hydrogen-bond donors (Lipinski definition) is 0. The summed E-state index contributed by atoms with van der Waals surface area (Å²) >= 11 is 7.57. The first-order chi connectivity index (χ1) is 6.72. The highest BCUT2D eigenvalue weighted by Gasteiger charge is 2.06. The van der Waals surface area contributed by atoms with Crippen LogP contribution in [-0.2, 0) is 0 Å². The molecular weight excluding hydrogens is 216 g/mol. The van der Waals surface area contributed by atoms with E-state index in [0.717, 1.165) is 10.1 Å². The molecule has 0 radical (unpaired) electrons. The van der Waals surface area contributed by atoms with Gasteiger partial charge in [0.15, 0.2) is 0 Å². The quantitative estimate of drug-likeness (QED) is 0.744. The van der Waals surface area contributed by atoms with Crippen molar-refractivity contribution in [3.8, 4) is 5.75 Å². The molecule has 0 atom stereocenters. The molecule has 0 aliphatic heterocycles. The predicted octanol–water partition coefficient (Wildman–Crippen LogP) is 4.26. The van der Waals surface area contributed by atoms with Crippen LogP contribution in [-0.4, -0.2) is 6.61 Å². The molecule has 0 saturated heterocycles. The summed E-state index contributed by atoms with van der Waals surface area (Å²) in [7, 11) is 0. The first-order valence-electron chi connectivity index (χ1n) is 4.54. The lowest BCUT2D eigenvalue weighted by Crippen LogP contribution is -1.93. The second kappa shape index (κ2) is 3.79. The Balaban J connectivity index is 2.61. The lowest BCUT2D eigenvalue weighted by Gasteiger charge is -2.06. The van der Waals surface area contributed by atoms with Crippen molar-refractivity contribution in [1.82, 2.24) is 0 Å². The van der Waals surface area contributed by atoms with Crippen LogP contribution in [0.1, 0.15) is 12.5 Å². The molecule has 2 rings (SSSR count). The van der Waals surface area contributed by atoms with Crippen LogP contribution in [0.15, 0.2) is 18.2 Å². The molecule has 0 fully saturated rings. The zero-order chi connectivity index (χ0) is 10.1. The monoisotopic (exact) mass is 226 g/mol. The molecule has 1 aromatic heterocycles. The van der Waals surface area contributed by atoms with Crippen molar-refractivity contribution in [2.24, 2.45) is 0 Å². The van der Waals surface area contributed by atoms with E-state index in [1.165, 1.54) is 15.6 Å². The van der Waals surface area contributed by atoms with E-state index in [9.17, 15) is 0 Å². The Labute approximate surface area is 92.3 Å². The topological polar surface area (TPSA) is 9.23 Å². The first kappa shape index (κ1) is 9.81. The highest BCUT2D eigenvalue weighted by molar-refractivity contribution is 7.22. The van der Waals surface area contributed by atoms with E-state index < -0.39 is 0 Å². The lowest BCUT2D eigenvalue weighted by atomic mass is 10.1. The average molecular weight is 227 g/mol. The fourth-order valence-corrected chi connectivity index (χ4v) is 2.72. The predicted molar refractivity (Wildman–Crippen MR) is 62.7 cm³/mol. The van der Waals surface area contributed by atoms with Gasteiger partial charge in [0.2, 0.25) is 0 Å². The van der Waals surface area contributed by atoms with Crippen molar-refractivity contribution in [3.05, 3.63) is 28.1 Å². The number of fused-ring (bicyclic) bond motifs is 1. The van der Waals surface area contributed by atoms with Crippen LogP contribution in [0.5, 0.6) is 5.75 Å². The average Bonchev–Trinajstić information content (AvgIpc) is 2.52. The molecule has 0 aliphatic rings. The van der Waals surface area contributed by atoms with Crippen LogP contribution >= 0.6 is 22.9 Å². The van der Waals surface area contributed by atoms with Crippen LogP contribution < -0.4 is 4.74 Å². The van der Waals surface area contributed by atoms with Crippen LogP contribution in [0, 0.1) is 6.92 Å². The SMILES string of the molecule is CCOc1ccc2sc(Cl)cc2c1C. The minimum absolute atomic E-state index is 0.699.